The average molecular weight is 1090 g/mol. The van der Waals surface area contributed by atoms with Crippen molar-refractivity contribution in [3.8, 4) is 5.75 Å². The van der Waals surface area contributed by atoms with Gasteiger partial charge >= 0.3 is 23.9 Å². The van der Waals surface area contributed by atoms with Gasteiger partial charge in [-0.05, 0) is 85.1 Å². The van der Waals surface area contributed by atoms with Crippen molar-refractivity contribution in [1.82, 2.24) is 4.90 Å². The topological polar surface area (TPSA) is 200 Å². The standard InChI is InChI=1S/C61H71NO15Si/c1-11-78(12-2,13-3)77-45-33-46-60(35-71-46,76-38(6)64)51-53(75-56(67)42-27-21-16-22-28-42)61(69)34-44(36(4)47(58(61,7)8)49(72-37(5)63)52(65)59(45,51)9)73-57(68)50-48(39-23-17-14-18-24-39)62(54(66)40-25-19-15-20-26-40)55(74-50)41-29-31-43(70-10)32-30-41/h14-32,44-46,48-51,53,55,69H,11-13,33-35H2,1-10H3/t44-,45-,46+,48-,49+,50+,51-,53-,55?,59+,60-,61+/m0/s1. The van der Waals surface area contributed by atoms with E-state index in [0.717, 1.165) is 0 Å². The quantitative estimate of drug-likeness (QED) is 0.0511. The van der Waals surface area contributed by atoms with Crippen LogP contribution in [0.2, 0.25) is 18.1 Å². The molecule has 1 unspecified atom stereocenters. The van der Waals surface area contributed by atoms with Gasteiger partial charge in [-0.25, -0.2) is 9.59 Å². The first-order valence-electron chi connectivity index (χ1n) is 27.0. The highest BCUT2D eigenvalue weighted by Gasteiger charge is 2.79. The number of carbonyl (C=O) groups is 6. The van der Waals surface area contributed by atoms with E-state index in [1.165, 1.54) is 25.9 Å². The van der Waals surface area contributed by atoms with E-state index >= 15 is 9.59 Å². The van der Waals surface area contributed by atoms with Crippen LogP contribution >= 0.6 is 0 Å². The number of esters is 4. The summed E-state index contributed by atoms with van der Waals surface area (Å²) in [7, 11) is -1.12. The first-order valence-corrected chi connectivity index (χ1v) is 29.5. The van der Waals surface area contributed by atoms with Crippen LogP contribution in [0.25, 0.3) is 0 Å². The largest absolute Gasteiger partial charge is 0.497 e. The van der Waals surface area contributed by atoms with E-state index in [1.54, 1.807) is 137 Å². The molecule has 2 aliphatic heterocycles. The summed E-state index contributed by atoms with van der Waals surface area (Å²) in [5.74, 6) is -5.26. The Hall–Kier alpha value is -6.50. The van der Waals surface area contributed by atoms with Gasteiger partial charge in [-0.2, -0.15) is 0 Å². The van der Waals surface area contributed by atoms with Gasteiger partial charge in [-0.15, -0.1) is 0 Å². The summed E-state index contributed by atoms with van der Waals surface area (Å²) in [5, 5.41) is 14.4. The number of methoxy groups -OCH3 is 1. The smallest absolute Gasteiger partial charge is 0.338 e. The Morgan fingerprint density at radius 3 is 1.88 bits per heavy atom. The van der Waals surface area contributed by atoms with Gasteiger partial charge in [-0.3, -0.25) is 24.1 Å². The van der Waals surface area contributed by atoms with Gasteiger partial charge in [-0.1, -0.05) is 113 Å². The van der Waals surface area contributed by atoms with Crippen LogP contribution in [0.5, 0.6) is 5.75 Å². The fourth-order valence-corrected chi connectivity index (χ4v) is 16.3. The van der Waals surface area contributed by atoms with Gasteiger partial charge in [0.15, 0.2) is 38.1 Å². The molecule has 2 saturated heterocycles. The van der Waals surface area contributed by atoms with Gasteiger partial charge in [0, 0.05) is 43.2 Å². The number of ether oxygens (including phenoxy) is 7. The van der Waals surface area contributed by atoms with E-state index < -0.39 is 127 Å². The SMILES string of the molecule is CC[Si](CC)(CC)O[C@H]1C[C@H]2OC[C@@]2(OC(C)=O)[C@H]2[C@H](OC(=O)c3ccccc3)[C@]3(O)C[C@H](OC(=O)[C@@H]4OC(c5ccc(OC)cc5)N(C(=O)c5ccccc5)[C@H]4c4ccccc4)C(C)=C([C@@H](OC(C)=O)C(=O)[C@]12C)C3(C)C. The first-order chi connectivity index (χ1) is 37.1. The summed E-state index contributed by atoms with van der Waals surface area (Å²) in [4.78, 5) is 90.8. The highest BCUT2D eigenvalue weighted by Crippen LogP contribution is 2.65. The number of benzene rings is 4. The second kappa shape index (κ2) is 21.6. The molecule has 2 bridgehead atoms. The van der Waals surface area contributed by atoms with Crippen molar-refractivity contribution in [2.75, 3.05) is 13.7 Å². The maximum atomic E-state index is 16.6. The molecule has 4 aromatic rings. The third kappa shape index (κ3) is 9.37. The van der Waals surface area contributed by atoms with E-state index in [2.05, 4.69) is 20.8 Å². The number of carbonyl (C=O) groups excluding carboxylic acids is 6. The Kier molecular flexibility index (Phi) is 15.6. The van der Waals surface area contributed by atoms with E-state index in [0.29, 0.717) is 46.1 Å². The molecule has 1 N–H and O–H groups in total. The average Bonchev–Trinajstić information content (AvgIpc) is 4.00. The van der Waals surface area contributed by atoms with Crippen LogP contribution in [-0.4, -0.2) is 115 Å². The monoisotopic (exact) mass is 1090 g/mol. The summed E-state index contributed by atoms with van der Waals surface area (Å²) in [6.07, 6.45) is -9.79. The molecule has 78 heavy (non-hydrogen) atoms. The van der Waals surface area contributed by atoms with Crippen LogP contribution in [0.15, 0.2) is 126 Å². The second-order valence-electron chi connectivity index (χ2n) is 22.1. The molecule has 4 aromatic carbocycles. The minimum atomic E-state index is -2.66. The van der Waals surface area contributed by atoms with E-state index in [9.17, 15) is 24.3 Å². The molecule has 5 aliphatic rings. The molecule has 9 rings (SSSR count). The van der Waals surface area contributed by atoms with Crippen molar-refractivity contribution in [2.24, 2.45) is 16.7 Å². The van der Waals surface area contributed by atoms with Crippen molar-refractivity contribution in [3.63, 3.8) is 0 Å². The Bertz CT molecular complexity index is 2940. The predicted octanol–water partition coefficient (Wildman–Crippen LogP) is 9.22. The molecule has 4 fully saturated rings. The third-order valence-corrected chi connectivity index (χ3v) is 22.5. The van der Waals surface area contributed by atoms with Crippen molar-refractivity contribution in [2.45, 2.75) is 153 Å². The first kappa shape index (κ1) is 56.2. The zero-order valence-electron chi connectivity index (χ0n) is 46.0. The summed E-state index contributed by atoms with van der Waals surface area (Å²) >= 11 is 0. The van der Waals surface area contributed by atoms with Crippen molar-refractivity contribution in [1.29, 1.82) is 0 Å². The lowest BCUT2D eigenvalue weighted by Gasteiger charge is -2.68. The molecule has 16 nitrogen and oxygen atoms in total. The molecule has 12 atom stereocenters. The Morgan fingerprint density at radius 2 is 1.35 bits per heavy atom. The summed E-state index contributed by atoms with van der Waals surface area (Å²) in [5.41, 5.74) is -5.56. The van der Waals surface area contributed by atoms with Crippen molar-refractivity contribution in [3.05, 3.63) is 149 Å². The molecule has 0 spiro atoms. The van der Waals surface area contributed by atoms with Gasteiger partial charge in [0.2, 0.25) is 0 Å². The highest BCUT2D eigenvalue weighted by molar-refractivity contribution is 6.73. The van der Waals surface area contributed by atoms with Crippen LogP contribution in [0.3, 0.4) is 0 Å². The Labute approximate surface area is 456 Å². The lowest BCUT2D eigenvalue weighted by Crippen LogP contribution is -2.82. The van der Waals surface area contributed by atoms with Gasteiger partial charge in [0.1, 0.15) is 29.7 Å². The van der Waals surface area contributed by atoms with Crippen LogP contribution in [0.1, 0.15) is 119 Å². The second-order valence-corrected chi connectivity index (χ2v) is 26.9. The minimum Gasteiger partial charge on any atom is -0.497 e. The predicted molar refractivity (Wildman–Crippen MR) is 287 cm³/mol. The van der Waals surface area contributed by atoms with Crippen LogP contribution in [-0.2, 0) is 52.0 Å². The number of Topliss-reactive ketones (excluding diaryl/α,β-unsaturated/α-hetero) is 1. The van der Waals surface area contributed by atoms with Crippen LogP contribution in [0, 0.1) is 16.7 Å². The number of aliphatic hydroxyl groups is 1. The lowest BCUT2D eigenvalue weighted by atomic mass is 9.44. The van der Waals surface area contributed by atoms with E-state index in [4.69, 9.17) is 37.6 Å². The molecule has 3 aliphatic carbocycles. The summed E-state index contributed by atoms with van der Waals surface area (Å²) in [6.45, 7) is 15.0. The molecule has 0 aromatic heterocycles. The molecular weight excluding hydrogens is 1010 g/mol. The van der Waals surface area contributed by atoms with E-state index in [-0.39, 0.29) is 24.2 Å². The number of ketones is 1. The van der Waals surface area contributed by atoms with Crippen molar-refractivity contribution < 1.29 is 71.5 Å². The Balaban J connectivity index is 1.24. The zero-order valence-corrected chi connectivity index (χ0v) is 47.0. The maximum absolute atomic E-state index is 16.6. The molecule has 17 heteroatoms. The number of hydrogen-bond donors (Lipinski definition) is 1. The van der Waals surface area contributed by atoms with Crippen LogP contribution < -0.4 is 4.74 Å². The fourth-order valence-electron chi connectivity index (χ4n) is 13.4. The highest BCUT2D eigenvalue weighted by atomic mass is 28.4. The summed E-state index contributed by atoms with van der Waals surface area (Å²) < 4.78 is 52.1. The normalized spacial score (nSPS) is 31.0. The lowest BCUT2D eigenvalue weighted by molar-refractivity contribution is -0.344. The number of fused-ring (bicyclic) bond motifs is 5. The number of amides is 1. The Morgan fingerprint density at radius 1 is 0.756 bits per heavy atom. The minimum absolute atomic E-state index is 0.0816. The van der Waals surface area contributed by atoms with Crippen molar-refractivity contribution >= 4 is 43.9 Å². The number of nitrogens with zero attached hydrogens (tertiary/aromatic N) is 1. The number of hydrogen-bond acceptors (Lipinski definition) is 15. The molecule has 414 valence electrons. The molecule has 0 radical (unpaired) electrons. The number of rotatable bonds is 15. The maximum Gasteiger partial charge on any atom is 0.338 e. The molecule has 2 heterocycles. The summed E-state index contributed by atoms with van der Waals surface area (Å²) in [6, 6.07) is 33.7. The van der Waals surface area contributed by atoms with Gasteiger partial charge < -0.3 is 42.7 Å². The third-order valence-electron chi connectivity index (χ3n) is 17.9. The van der Waals surface area contributed by atoms with Gasteiger partial charge in [0.05, 0.1) is 42.8 Å². The molecule has 1 amide bonds. The molecular formula is C61H71NO15Si. The van der Waals surface area contributed by atoms with Gasteiger partial charge in [0.25, 0.3) is 5.91 Å². The van der Waals surface area contributed by atoms with Crippen LogP contribution in [0.4, 0.5) is 0 Å². The van der Waals surface area contributed by atoms with E-state index in [1.807, 2.05) is 6.07 Å². The molecule has 2 saturated carbocycles. The zero-order chi connectivity index (χ0) is 56.1. The fraction of sp³-hybridized carbons (Fsp3) is 0.475.